The second-order valence-electron chi connectivity index (χ2n) is 5.74. The summed E-state index contributed by atoms with van der Waals surface area (Å²) in [6.07, 6.45) is 2.01. The Labute approximate surface area is 133 Å². The minimum Gasteiger partial charge on any atom is -0.618 e. The molecule has 0 spiro atoms. The van der Waals surface area contributed by atoms with Gasteiger partial charge in [-0.3, -0.25) is 9.59 Å². The Morgan fingerprint density at radius 1 is 1.30 bits per heavy atom. The van der Waals surface area contributed by atoms with Crippen LogP contribution in [0.3, 0.4) is 0 Å². The molecular formula is C18H17NO4. The van der Waals surface area contributed by atoms with E-state index >= 15 is 0 Å². The van der Waals surface area contributed by atoms with E-state index in [9.17, 15) is 19.9 Å². The Bertz CT molecular complexity index is 838. The fourth-order valence-corrected chi connectivity index (χ4v) is 3.19. The van der Waals surface area contributed by atoms with Crippen LogP contribution in [0.2, 0.25) is 0 Å². The van der Waals surface area contributed by atoms with Crippen molar-refractivity contribution in [2.75, 3.05) is 0 Å². The van der Waals surface area contributed by atoms with Gasteiger partial charge in [0.15, 0.2) is 17.8 Å². The van der Waals surface area contributed by atoms with E-state index in [2.05, 4.69) is 0 Å². The first kappa shape index (κ1) is 15.2. The van der Waals surface area contributed by atoms with E-state index in [0.29, 0.717) is 5.52 Å². The predicted octanol–water partition coefficient (Wildman–Crippen LogP) is 2.71. The highest BCUT2D eigenvalue weighted by Gasteiger charge is 2.32. The number of allylic oxidation sites excluding steroid dienone is 2. The molecule has 3 rings (SSSR count). The van der Waals surface area contributed by atoms with E-state index < -0.39 is 0 Å². The van der Waals surface area contributed by atoms with Gasteiger partial charge in [-0.2, -0.15) is 4.73 Å². The SMILES string of the molecule is CCC(=O)C1=C(O)CC(c2cc[n+]([O-])c3ccccc23)CC1=O. The van der Waals surface area contributed by atoms with Gasteiger partial charge in [-0.15, -0.1) is 0 Å². The van der Waals surface area contributed by atoms with Gasteiger partial charge in [0, 0.05) is 31.4 Å². The summed E-state index contributed by atoms with van der Waals surface area (Å²) in [4.78, 5) is 24.1. The molecule has 1 unspecified atom stereocenters. The summed E-state index contributed by atoms with van der Waals surface area (Å²) in [5.74, 6) is -1.02. The molecule has 118 valence electrons. The molecule has 0 saturated heterocycles. The Morgan fingerprint density at radius 3 is 2.74 bits per heavy atom. The lowest BCUT2D eigenvalue weighted by Gasteiger charge is -2.23. The lowest BCUT2D eigenvalue weighted by Crippen LogP contribution is -2.28. The van der Waals surface area contributed by atoms with Crippen LogP contribution in [0, 0.1) is 5.21 Å². The number of carbonyl (C=O) groups is 2. The molecule has 1 aromatic heterocycles. The van der Waals surface area contributed by atoms with E-state index in [1.165, 1.54) is 6.20 Å². The highest BCUT2D eigenvalue weighted by Crippen LogP contribution is 2.36. The summed E-state index contributed by atoms with van der Waals surface area (Å²) >= 11 is 0. The van der Waals surface area contributed by atoms with Crippen LogP contribution in [0.15, 0.2) is 47.9 Å². The van der Waals surface area contributed by atoms with Gasteiger partial charge >= 0.3 is 0 Å². The first-order valence-electron chi connectivity index (χ1n) is 7.62. The Hall–Kier alpha value is -2.69. The number of hydrogen-bond donors (Lipinski definition) is 1. The van der Waals surface area contributed by atoms with Crippen LogP contribution in [0.1, 0.15) is 37.7 Å². The Kier molecular flexibility index (Phi) is 3.86. The average molecular weight is 311 g/mol. The molecule has 0 aliphatic heterocycles. The van der Waals surface area contributed by atoms with Gasteiger partial charge in [-0.25, -0.2) is 0 Å². The summed E-state index contributed by atoms with van der Waals surface area (Å²) in [6.45, 7) is 1.67. The smallest absolute Gasteiger partial charge is 0.224 e. The zero-order valence-electron chi connectivity index (χ0n) is 12.8. The second-order valence-corrected chi connectivity index (χ2v) is 5.74. The number of pyridine rings is 1. The van der Waals surface area contributed by atoms with Gasteiger partial charge in [0.25, 0.3) is 0 Å². The molecule has 1 aliphatic carbocycles. The largest absolute Gasteiger partial charge is 0.618 e. The number of rotatable bonds is 3. The maximum absolute atomic E-state index is 12.3. The van der Waals surface area contributed by atoms with Crippen LogP contribution < -0.4 is 4.73 Å². The van der Waals surface area contributed by atoms with Gasteiger partial charge in [0.1, 0.15) is 5.76 Å². The third-order valence-corrected chi connectivity index (χ3v) is 4.32. The number of aromatic nitrogens is 1. The minimum absolute atomic E-state index is 0.0529. The molecule has 1 atom stereocenters. The summed E-state index contributed by atoms with van der Waals surface area (Å²) < 4.78 is 0.783. The van der Waals surface area contributed by atoms with Gasteiger partial charge < -0.3 is 10.3 Å². The van der Waals surface area contributed by atoms with E-state index in [4.69, 9.17) is 0 Å². The molecule has 1 aliphatic rings. The van der Waals surface area contributed by atoms with Crippen molar-refractivity contribution < 1.29 is 19.4 Å². The third-order valence-electron chi connectivity index (χ3n) is 4.32. The van der Waals surface area contributed by atoms with Gasteiger partial charge in [-0.1, -0.05) is 19.1 Å². The average Bonchev–Trinajstić information content (AvgIpc) is 2.54. The summed E-state index contributed by atoms with van der Waals surface area (Å²) in [5, 5.41) is 22.8. The summed E-state index contributed by atoms with van der Waals surface area (Å²) in [5.41, 5.74) is 1.31. The van der Waals surface area contributed by atoms with Crippen molar-refractivity contribution in [1.82, 2.24) is 0 Å². The zero-order chi connectivity index (χ0) is 16.6. The minimum atomic E-state index is -0.325. The van der Waals surface area contributed by atoms with Crippen LogP contribution in [0.4, 0.5) is 0 Å². The Morgan fingerprint density at radius 2 is 2.04 bits per heavy atom. The first-order valence-corrected chi connectivity index (χ1v) is 7.62. The maximum atomic E-state index is 12.3. The van der Waals surface area contributed by atoms with Crippen molar-refractivity contribution in [2.24, 2.45) is 0 Å². The van der Waals surface area contributed by atoms with Crippen molar-refractivity contribution in [3.63, 3.8) is 0 Å². The van der Waals surface area contributed by atoms with Crippen molar-refractivity contribution in [3.05, 3.63) is 58.6 Å². The maximum Gasteiger partial charge on any atom is 0.224 e. The van der Waals surface area contributed by atoms with E-state index in [0.717, 1.165) is 15.7 Å². The molecule has 2 aromatic rings. The third kappa shape index (κ3) is 2.59. The molecule has 1 heterocycles. The number of benzene rings is 1. The highest BCUT2D eigenvalue weighted by molar-refractivity contribution is 6.21. The molecule has 5 nitrogen and oxygen atoms in total. The highest BCUT2D eigenvalue weighted by atomic mass is 16.5. The molecule has 0 amide bonds. The topological polar surface area (TPSA) is 81.3 Å². The van der Waals surface area contributed by atoms with Crippen molar-refractivity contribution in [3.8, 4) is 0 Å². The van der Waals surface area contributed by atoms with Crippen LogP contribution >= 0.6 is 0 Å². The molecule has 1 N–H and O–H groups in total. The number of aliphatic hydroxyl groups is 1. The fraction of sp³-hybridized carbons (Fsp3) is 0.278. The van der Waals surface area contributed by atoms with Crippen molar-refractivity contribution in [1.29, 1.82) is 0 Å². The summed E-state index contributed by atoms with van der Waals surface area (Å²) in [6, 6.07) is 8.85. The molecule has 0 fully saturated rings. The van der Waals surface area contributed by atoms with Crippen molar-refractivity contribution >= 4 is 22.5 Å². The Balaban J connectivity index is 2.06. The van der Waals surface area contributed by atoms with Gasteiger partial charge in [0.2, 0.25) is 5.52 Å². The van der Waals surface area contributed by atoms with E-state index in [-0.39, 0.29) is 48.1 Å². The van der Waals surface area contributed by atoms with Crippen LogP contribution in [0.5, 0.6) is 0 Å². The lowest BCUT2D eigenvalue weighted by atomic mass is 9.80. The zero-order valence-corrected chi connectivity index (χ0v) is 12.8. The first-order chi connectivity index (χ1) is 11.0. The number of Topliss-reactive ketones (excluding diaryl/α,β-unsaturated/α-hetero) is 2. The monoisotopic (exact) mass is 311 g/mol. The molecule has 1 aromatic carbocycles. The molecule has 0 saturated carbocycles. The molecule has 0 bridgehead atoms. The molecule has 23 heavy (non-hydrogen) atoms. The van der Waals surface area contributed by atoms with Crippen molar-refractivity contribution in [2.45, 2.75) is 32.1 Å². The number of para-hydroxylation sites is 1. The molecule has 5 heteroatoms. The standard InChI is InChI=1S/C18H17NO4/c1-2-15(20)18-16(21)9-11(10-17(18)22)12-7-8-19(23)14-6-4-3-5-13(12)14/h3-8,11,21H,2,9-10H2,1H3. The molecule has 0 radical (unpaired) electrons. The fourth-order valence-electron chi connectivity index (χ4n) is 3.19. The molecular weight excluding hydrogens is 294 g/mol. The number of carbonyl (C=O) groups excluding carboxylic acids is 2. The van der Waals surface area contributed by atoms with E-state index in [1.807, 2.05) is 12.1 Å². The van der Waals surface area contributed by atoms with Crippen LogP contribution in [0.25, 0.3) is 10.9 Å². The quantitative estimate of drug-likeness (QED) is 0.537. The number of aliphatic hydroxyl groups excluding tert-OH is 1. The lowest BCUT2D eigenvalue weighted by molar-refractivity contribution is -0.577. The number of hydrogen-bond acceptors (Lipinski definition) is 4. The van der Waals surface area contributed by atoms with Crippen LogP contribution in [-0.2, 0) is 9.59 Å². The second kappa shape index (κ2) is 5.83. The van der Waals surface area contributed by atoms with Gasteiger partial charge in [0.05, 0.1) is 11.0 Å². The number of nitrogens with zero attached hydrogens (tertiary/aromatic N) is 1. The summed E-state index contributed by atoms with van der Waals surface area (Å²) in [7, 11) is 0. The van der Waals surface area contributed by atoms with Crippen LogP contribution in [-0.4, -0.2) is 16.7 Å². The van der Waals surface area contributed by atoms with Gasteiger partial charge in [-0.05, 0) is 17.5 Å². The number of fused-ring (bicyclic) bond motifs is 1. The number of ketones is 2. The normalized spacial score (nSPS) is 18.5. The van der Waals surface area contributed by atoms with E-state index in [1.54, 1.807) is 25.1 Å². The predicted molar refractivity (Wildman–Crippen MR) is 84.8 cm³/mol.